The van der Waals surface area contributed by atoms with Gasteiger partial charge in [-0.05, 0) is 46.9 Å². The normalized spacial score (nSPS) is 10.7. The topological polar surface area (TPSA) is 61.7 Å². The Kier molecular flexibility index (Phi) is 5.13. The van der Waals surface area contributed by atoms with Gasteiger partial charge in [0.2, 0.25) is 0 Å². The standard InChI is InChI=1S/C14H10BrIN2O2/c15-11-6-10(13(19)12(16)7-11)8-17-18-14(20)9-4-2-1-3-5-9/h1-8,19H,(H,18,20)/b17-8+. The van der Waals surface area contributed by atoms with Crippen molar-refractivity contribution < 1.29 is 9.90 Å². The van der Waals surface area contributed by atoms with E-state index in [1.165, 1.54) is 6.21 Å². The summed E-state index contributed by atoms with van der Waals surface area (Å²) in [6.45, 7) is 0. The minimum atomic E-state index is -0.300. The van der Waals surface area contributed by atoms with Gasteiger partial charge in [-0.1, -0.05) is 34.1 Å². The Bertz CT molecular complexity index is 660. The fourth-order valence-electron chi connectivity index (χ4n) is 1.50. The molecule has 2 N–H and O–H groups in total. The van der Waals surface area contributed by atoms with Crippen LogP contribution in [-0.2, 0) is 0 Å². The number of rotatable bonds is 3. The molecule has 0 bridgehead atoms. The Morgan fingerprint density at radius 2 is 2.00 bits per heavy atom. The average Bonchev–Trinajstić information content (AvgIpc) is 2.44. The van der Waals surface area contributed by atoms with Crippen molar-refractivity contribution in [2.75, 3.05) is 0 Å². The Balaban J connectivity index is 2.10. The molecule has 2 aromatic rings. The first-order chi connectivity index (χ1) is 9.58. The fraction of sp³-hybridized carbons (Fsp3) is 0. The highest BCUT2D eigenvalue weighted by molar-refractivity contribution is 14.1. The van der Waals surface area contributed by atoms with Gasteiger partial charge in [-0.3, -0.25) is 4.79 Å². The molecular weight excluding hydrogens is 435 g/mol. The molecule has 20 heavy (non-hydrogen) atoms. The van der Waals surface area contributed by atoms with E-state index in [-0.39, 0.29) is 11.7 Å². The third kappa shape index (κ3) is 3.80. The molecule has 0 saturated carbocycles. The Morgan fingerprint density at radius 3 is 2.70 bits per heavy atom. The largest absolute Gasteiger partial charge is 0.506 e. The molecule has 0 aliphatic heterocycles. The summed E-state index contributed by atoms with van der Waals surface area (Å²) < 4.78 is 1.53. The maximum atomic E-state index is 11.8. The molecular formula is C14H10BrIN2O2. The molecule has 0 unspecified atom stereocenters. The Hall–Kier alpha value is -1.41. The van der Waals surface area contributed by atoms with E-state index in [4.69, 9.17) is 0 Å². The molecule has 0 fully saturated rings. The summed E-state index contributed by atoms with van der Waals surface area (Å²) in [5.41, 5.74) is 3.47. The first-order valence-corrected chi connectivity index (χ1v) is 7.51. The van der Waals surface area contributed by atoms with Gasteiger partial charge in [0.1, 0.15) is 5.75 Å². The second kappa shape index (κ2) is 6.85. The molecule has 0 atom stereocenters. The van der Waals surface area contributed by atoms with E-state index in [1.54, 1.807) is 36.4 Å². The molecule has 0 saturated heterocycles. The first kappa shape index (κ1) is 15.0. The van der Waals surface area contributed by atoms with Gasteiger partial charge in [-0.2, -0.15) is 5.10 Å². The smallest absolute Gasteiger partial charge is 0.271 e. The van der Waals surface area contributed by atoms with E-state index >= 15 is 0 Å². The van der Waals surface area contributed by atoms with E-state index in [2.05, 4.69) is 26.5 Å². The lowest BCUT2D eigenvalue weighted by Crippen LogP contribution is -2.17. The number of phenols is 1. The third-order valence-corrected chi connectivity index (χ3v) is 3.74. The third-order valence-electron chi connectivity index (χ3n) is 2.46. The summed E-state index contributed by atoms with van der Waals surface area (Å²) in [5, 5.41) is 13.7. The minimum Gasteiger partial charge on any atom is -0.506 e. The molecule has 0 radical (unpaired) electrons. The van der Waals surface area contributed by atoms with Crippen LogP contribution in [0.1, 0.15) is 15.9 Å². The zero-order valence-electron chi connectivity index (χ0n) is 10.2. The van der Waals surface area contributed by atoms with Crippen LogP contribution in [0.4, 0.5) is 0 Å². The minimum absolute atomic E-state index is 0.131. The molecule has 1 amide bonds. The van der Waals surface area contributed by atoms with E-state index in [0.29, 0.717) is 14.7 Å². The SMILES string of the molecule is O=C(N/N=C/c1cc(Br)cc(I)c1O)c1ccccc1. The van der Waals surface area contributed by atoms with Crippen LogP contribution in [0.2, 0.25) is 0 Å². The number of benzene rings is 2. The van der Waals surface area contributed by atoms with Gasteiger partial charge in [0.25, 0.3) is 5.91 Å². The number of halogens is 2. The van der Waals surface area contributed by atoms with Gasteiger partial charge in [-0.25, -0.2) is 5.43 Å². The molecule has 0 aromatic heterocycles. The molecule has 6 heteroatoms. The van der Waals surface area contributed by atoms with E-state index in [0.717, 1.165) is 4.47 Å². The average molecular weight is 445 g/mol. The number of hydrogen-bond donors (Lipinski definition) is 2. The van der Waals surface area contributed by atoms with Crippen LogP contribution in [0.5, 0.6) is 5.75 Å². The highest BCUT2D eigenvalue weighted by Crippen LogP contribution is 2.27. The highest BCUT2D eigenvalue weighted by Gasteiger charge is 2.06. The van der Waals surface area contributed by atoms with Crippen LogP contribution in [-0.4, -0.2) is 17.2 Å². The first-order valence-electron chi connectivity index (χ1n) is 5.64. The molecule has 102 valence electrons. The maximum absolute atomic E-state index is 11.8. The second-order valence-electron chi connectivity index (χ2n) is 3.89. The van der Waals surface area contributed by atoms with Crippen molar-refractivity contribution in [2.45, 2.75) is 0 Å². The summed E-state index contributed by atoms with van der Waals surface area (Å²) in [4.78, 5) is 11.8. The van der Waals surface area contributed by atoms with Gasteiger partial charge >= 0.3 is 0 Å². The lowest BCUT2D eigenvalue weighted by molar-refractivity contribution is 0.0955. The second-order valence-corrected chi connectivity index (χ2v) is 5.97. The lowest BCUT2D eigenvalue weighted by atomic mass is 10.2. The van der Waals surface area contributed by atoms with Gasteiger partial charge in [0.05, 0.1) is 9.78 Å². The molecule has 0 heterocycles. The van der Waals surface area contributed by atoms with Crippen molar-refractivity contribution in [3.63, 3.8) is 0 Å². The number of carbonyl (C=O) groups excluding carboxylic acids is 1. The zero-order valence-corrected chi connectivity index (χ0v) is 13.9. The van der Waals surface area contributed by atoms with E-state index in [1.807, 2.05) is 28.7 Å². The number of aromatic hydroxyl groups is 1. The number of nitrogens with zero attached hydrogens (tertiary/aromatic N) is 1. The van der Waals surface area contributed by atoms with Crippen molar-refractivity contribution in [1.29, 1.82) is 0 Å². The predicted molar refractivity (Wildman–Crippen MR) is 90.0 cm³/mol. The molecule has 0 spiro atoms. The van der Waals surface area contributed by atoms with Crippen LogP contribution < -0.4 is 5.43 Å². The molecule has 2 aromatic carbocycles. The quantitative estimate of drug-likeness (QED) is 0.432. The van der Waals surface area contributed by atoms with Crippen molar-refractivity contribution in [3.8, 4) is 5.75 Å². The van der Waals surface area contributed by atoms with Crippen LogP contribution in [0.3, 0.4) is 0 Å². The summed E-state index contributed by atoms with van der Waals surface area (Å²) in [5.74, 6) is -0.169. The van der Waals surface area contributed by atoms with Crippen molar-refractivity contribution >= 4 is 50.6 Å². The number of carbonyl (C=O) groups is 1. The van der Waals surface area contributed by atoms with Crippen LogP contribution in [0.25, 0.3) is 0 Å². The molecule has 4 nitrogen and oxygen atoms in total. The van der Waals surface area contributed by atoms with Gasteiger partial charge in [0, 0.05) is 15.6 Å². The number of amides is 1. The highest BCUT2D eigenvalue weighted by atomic mass is 127. The Labute approximate surface area is 138 Å². The number of hydrazone groups is 1. The van der Waals surface area contributed by atoms with Crippen LogP contribution in [0, 0.1) is 3.57 Å². The van der Waals surface area contributed by atoms with E-state index in [9.17, 15) is 9.90 Å². The van der Waals surface area contributed by atoms with Crippen molar-refractivity contribution in [2.24, 2.45) is 5.10 Å². The predicted octanol–water partition coefficient (Wildman–Crippen LogP) is 3.52. The molecule has 0 aliphatic carbocycles. The van der Waals surface area contributed by atoms with Gasteiger partial charge in [-0.15, -0.1) is 0 Å². The maximum Gasteiger partial charge on any atom is 0.271 e. The summed E-state index contributed by atoms with van der Waals surface area (Å²) in [6, 6.07) is 12.3. The van der Waals surface area contributed by atoms with Crippen molar-refractivity contribution in [3.05, 3.63) is 61.6 Å². The summed E-state index contributed by atoms with van der Waals surface area (Å²) >= 11 is 5.36. The molecule has 2 rings (SSSR count). The number of hydrogen-bond acceptors (Lipinski definition) is 3. The summed E-state index contributed by atoms with van der Waals surface area (Å²) in [6.07, 6.45) is 1.41. The van der Waals surface area contributed by atoms with E-state index < -0.39 is 0 Å². The van der Waals surface area contributed by atoms with Crippen LogP contribution in [0.15, 0.2) is 52.0 Å². The van der Waals surface area contributed by atoms with Gasteiger partial charge < -0.3 is 5.11 Å². The molecule has 0 aliphatic rings. The van der Waals surface area contributed by atoms with Crippen LogP contribution >= 0.6 is 38.5 Å². The lowest BCUT2D eigenvalue weighted by Gasteiger charge is -2.03. The number of phenolic OH excluding ortho intramolecular Hbond substituents is 1. The monoisotopic (exact) mass is 444 g/mol. The zero-order chi connectivity index (χ0) is 14.5. The van der Waals surface area contributed by atoms with Crippen molar-refractivity contribution in [1.82, 2.24) is 5.43 Å². The summed E-state index contributed by atoms with van der Waals surface area (Å²) in [7, 11) is 0. The fourth-order valence-corrected chi connectivity index (χ4v) is 3.05. The number of nitrogens with one attached hydrogen (secondary N) is 1. The Morgan fingerprint density at radius 1 is 1.30 bits per heavy atom. The van der Waals surface area contributed by atoms with Gasteiger partial charge in [0.15, 0.2) is 0 Å².